The molecule has 1 fully saturated rings. The lowest BCUT2D eigenvalue weighted by atomic mass is 9.90. The van der Waals surface area contributed by atoms with Crippen molar-refractivity contribution in [3.63, 3.8) is 0 Å². The third kappa shape index (κ3) is 2.99. The second-order valence-corrected chi connectivity index (χ2v) is 3.70. The summed E-state index contributed by atoms with van der Waals surface area (Å²) in [5, 5.41) is 6.11. The second-order valence-electron chi connectivity index (χ2n) is 3.70. The Bertz CT molecular complexity index is 170. The van der Waals surface area contributed by atoms with Crippen molar-refractivity contribution in [3.8, 4) is 0 Å². The van der Waals surface area contributed by atoms with Crippen molar-refractivity contribution in [2.24, 2.45) is 5.92 Å². The largest absolute Gasteiger partial charge is 0.355 e. The van der Waals surface area contributed by atoms with Crippen LogP contribution in [0, 0.1) is 5.92 Å². The van der Waals surface area contributed by atoms with Gasteiger partial charge in [0.1, 0.15) is 0 Å². The van der Waals surface area contributed by atoms with Gasteiger partial charge in [-0.05, 0) is 32.2 Å². The van der Waals surface area contributed by atoms with Crippen LogP contribution in [-0.4, -0.2) is 25.0 Å². The number of rotatable bonds is 3. The van der Waals surface area contributed by atoms with E-state index in [1.807, 2.05) is 6.92 Å². The maximum Gasteiger partial charge on any atom is 0.237 e. The molecule has 0 bridgehead atoms. The summed E-state index contributed by atoms with van der Waals surface area (Å²) in [5.74, 6) is 0.898. The molecule has 0 radical (unpaired) electrons. The highest BCUT2D eigenvalue weighted by molar-refractivity contribution is 5.81. The minimum absolute atomic E-state index is 0.0543. The van der Waals surface area contributed by atoms with Crippen LogP contribution in [0.4, 0.5) is 0 Å². The lowest BCUT2D eigenvalue weighted by Gasteiger charge is -2.28. The molecule has 0 saturated carbocycles. The molecular weight excluding hydrogens is 164 g/mol. The maximum absolute atomic E-state index is 11.5. The van der Waals surface area contributed by atoms with Gasteiger partial charge in [-0.1, -0.05) is 13.3 Å². The molecule has 1 rings (SSSR count). The van der Waals surface area contributed by atoms with E-state index in [-0.39, 0.29) is 11.9 Å². The monoisotopic (exact) mass is 184 g/mol. The van der Waals surface area contributed by atoms with Crippen molar-refractivity contribution in [2.45, 2.75) is 39.2 Å². The molecule has 0 spiro atoms. The molecule has 2 unspecified atom stereocenters. The first-order valence-corrected chi connectivity index (χ1v) is 5.29. The molecule has 0 aromatic rings. The van der Waals surface area contributed by atoms with Crippen LogP contribution >= 0.6 is 0 Å². The molecule has 3 nitrogen and oxygen atoms in total. The fourth-order valence-electron chi connectivity index (χ4n) is 1.86. The number of carbonyl (C=O) groups excluding carboxylic acids is 1. The van der Waals surface area contributed by atoms with E-state index in [2.05, 4.69) is 17.6 Å². The number of nitrogens with one attached hydrogen (secondary N) is 2. The summed E-state index contributed by atoms with van der Waals surface area (Å²) in [4.78, 5) is 11.5. The summed E-state index contributed by atoms with van der Waals surface area (Å²) in [6.07, 6.45) is 3.41. The molecule has 1 aliphatic heterocycles. The Morgan fingerprint density at radius 1 is 1.54 bits per heavy atom. The number of hydrogen-bond acceptors (Lipinski definition) is 2. The van der Waals surface area contributed by atoms with E-state index in [1.54, 1.807) is 0 Å². The topological polar surface area (TPSA) is 41.1 Å². The molecule has 13 heavy (non-hydrogen) atoms. The van der Waals surface area contributed by atoms with Gasteiger partial charge in [-0.15, -0.1) is 0 Å². The van der Waals surface area contributed by atoms with E-state index in [9.17, 15) is 4.79 Å². The molecular formula is C10H20N2O. The molecule has 1 aliphatic rings. The zero-order chi connectivity index (χ0) is 9.68. The van der Waals surface area contributed by atoms with Crippen molar-refractivity contribution in [2.75, 3.05) is 13.1 Å². The maximum atomic E-state index is 11.5. The van der Waals surface area contributed by atoms with E-state index in [1.165, 1.54) is 12.8 Å². The summed E-state index contributed by atoms with van der Waals surface area (Å²) in [6.45, 7) is 5.87. The lowest BCUT2D eigenvalue weighted by molar-refractivity contribution is -0.123. The van der Waals surface area contributed by atoms with Crippen molar-refractivity contribution in [1.29, 1.82) is 0 Å². The van der Waals surface area contributed by atoms with Gasteiger partial charge >= 0.3 is 0 Å². The van der Waals surface area contributed by atoms with E-state index in [0.717, 1.165) is 25.4 Å². The number of likely N-dealkylation sites (N-methyl/N-ethyl adjacent to an activating group) is 1. The van der Waals surface area contributed by atoms with Gasteiger partial charge in [0.2, 0.25) is 5.91 Å². The zero-order valence-corrected chi connectivity index (χ0v) is 8.60. The highest BCUT2D eigenvalue weighted by atomic mass is 16.2. The summed E-state index contributed by atoms with van der Waals surface area (Å²) < 4.78 is 0. The van der Waals surface area contributed by atoms with Crippen LogP contribution in [0.15, 0.2) is 0 Å². The molecule has 0 aromatic carbocycles. The summed E-state index contributed by atoms with van der Waals surface area (Å²) in [5.41, 5.74) is 0. The summed E-state index contributed by atoms with van der Waals surface area (Å²) in [7, 11) is 0. The van der Waals surface area contributed by atoms with E-state index >= 15 is 0 Å². The average molecular weight is 184 g/mol. The van der Waals surface area contributed by atoms with Crippen molar-refractivity contribution < 1.29 is 4.79 Å². The van der Waals surface area contributed by atoms with E-state index < -0.39 is 0 Å². The molecule has 0 aliphatic carbocycles. The SMILES string of the molecule is CCNC(=O)C1CC(CC)CCN1. The molecule has 2 N–H and O–H groups in total. The lowest BCUT2D eigenvalue weighted by Crippen LogP contribution is -2.48. The van der Waals surface area contributed by atoms with Crippen molar-refractivity contribution >= 4 is 5.91 Å². The Balaban J connectivity index is 2.37. The molecule has 1 heterocycles. The minimum atomic E-state index is 0.0543. The van der Waals surface area contributed by atoms with Crippen LogP contribution in [-0.2, 0) is 4.79 Å². The van der Waals surface area contributed by atoms with Crippen molar-refractivity contribution in [1.82, 2.24) is 10.6 Å². The van der Waals surface area contributed by atoms with Crippen LogP contribution < -0.4 is 10.6 Å². The van der Waals surface area contributed by atoms with Gasteiger partial charge in [-0.2, -0.15) is 0 Å². The molecule has 76 valence electrons. The summed E-state index contributed by atoms with van der Waals surface area (Å²) in [6, 6.07) is 0.0543. The first kappa shape index (κ1) is 10.5. The molecule has 1 saturated heterocycles. The van der Waals surface area contributed by atoms with Crippen LogP contribution in [0.5, 0.6) is 0 Å². The van der Waals surface area contributed by atoms with E-state index in [0.29, 0.717) is 0 Å². The van der Waals surface area contributed by atoms with Crippen LogP contribution in [0.3, 0.4) is 0 Å². The normalized spacial score (nSPS) is 28.5. The van der Waals surface area contributed by atoms with Crippen LogP contribution in [0.2, 0.25) is 0 Å². The summed E-state index contributed by atoms with van der Waals surface area (Å²) >= 11 is 0. The standard InChI is InChI=1S/C10H20N2O/c1-3-8-5-6-12-9(7-8)10(13)11-4-2/h8-9,12H,3-7H2,1-2H3,(H,11,13). The Labute approximate surface area is 80.3 Å². The quantitative estimate of drug-likeness (QED) is 0.684. The highest BCUT2D eigenvalue weighted by Crippen LogP contribution is 2.19. The number of amides is 1. The predicted molar refractivity (Wildman–Crippen MR) is 53.5 cm³/mol. The minimum Gasteiger partial charge on any atom is -0.355 e. The molecule has 2 atom stereocenters. The Morgan fingerprint density at radius 2 is 2.31 bits per heavy atom. The Morgan fingerprint density at radius 3 is 2.92 bits per heavy atom. The Hall–Kier alpha value is -0.570. The van der Waals surface area contributed by atoms with Crippen LogP contribution in [0.25, 0.3) is 0 Å². The van der Waals surface area contributed by atoms with Gasteiger partial charge in [0.15, 0.2) is 0 Å². The first-order valence-electron chi connectivity index (χ1n) is 5.29. The molecule has 0 aromatic heterocycles. The Kier molecular flexibility index (Phi) is 4.22. The van der Waals surface area contributed by atoms with Gasteiger partial charge in [-0.3, -0.25) is 4.79 Å². The van der Waals surface area contributed by atoms with Gasteiger partial charge < -0.3 is 10.6 Å². The van der Waals surface area contributed by atoms with Crippen molar-refractivity contribution in [3.05, 3.63) is 0 Å². The highest BCUT2D eigenvalue weighted by Gasteiger charge is 2.24. The predicted octanol–water partition coefficient (Wildman–Crippen LogP) is 0.901. The van der Waals surface area contributed by atoms with Gasteiger partial charge in [0.25, 0.3) is 0 Å². The van der Waals surface area contributed by atoms with Gasteiger partial charge in [-0.25, -0.2) is 0 Å². The molecule has 3 heteroatoms. The number of carbonyl (C=O) groups is 1. The fraction of sp³-hybridized carbons (Fsp3) is 0.900. The zero-order valence-electron chi connectivity index (χ0n) is 8.60. The third-order valence-electron chi connectivity index (χ3n) is 2.76. The van der Waals surface area contributed by atoms with Gasteiger partial charge in [0, 0.05) is 6.54 Å². The van der Waals surface area contributed by atoms with Crippen LogP contribution in [0.1, 0.15) is 33.1 Å². The second kappa shape index (κ2) is 5.22. The smallest absolute Gasteiger partial charge is 0.237 e. The first-order chi connectivity index (χ1) is 6.27. The number of hydrogen-bond donors (Lipinski definition) is 2. The fourth-order valence-corrected chi connectivity index (χ4v) is 1.86. The van der Waals surface area contributed by atoms with Gasteiger partial charge in [0.05, 0.1) is 6.04 Å². The third-order valence-corrected chi connectivity index (χ3v) is 2.76. The number of piperidine rings is 1. The van der Waals surface area contributed by atoms with E-state index in [4.69, 9.17) is 0 Å². The molecule has 1 amide bonds. The average Bonchev–Trinajstić information content (AvgIpc) is 2.18.